The van der Waals surface area contributed by atoms with Gasteiger partial charge in [-0.25, -0.2) is 4.98 Å². The zero-order chi connectivity index (χ0) is 28.9. The zero-order valence-corrected chi connectivity index (χ0v) is 25.3. The van der Waals surface area contributed by atoms with Crippen molar-refractivity contribution in [3.8, 4) is 5.75 Å². The molecule has 1 saturated carbocycles. The topological polar surface area (TPSA) is 88.8 Å². The Labute approximate surface area is 252 Å². The van der Waals surface area contributed by atoms with E-state index in [0.29, 0.717) is 38.8 Å². The van der Waals surface area contributed by atoms with E-state index in [0.717, 1.165) is 35.8 Å². The van der Waals surface area contributed by atoms with Crippen LogP contribution in [-0.4, -0.2) is 42.5 Å². The summed E-state index contributed by atoms with van der Waals surface area (Å²) in [7, 11) is 3.85. The molecule has 0 radical (unpaired) electrons. The molecule has 3 aromatic carbocycles. The molecule has 5 rings (SSSR count). The average molecular weight is 637 g/mol. The number of fused-ring (bicyclic) bond motifs is 1. The Morgan fingerprint density at radius 2 is 1.88 bits per heavy atom. The molecule has 1 N–H and O–H groups in total. The second-order valence-electron chi connectivity index (χ2n) is 10.3. The van der Waals surface area contributed by atoms with E-state index in [2.05, 4.69) is 26.3 Å². The Balaban J connectivity index is 1.47. The lowest BCUT2D eigenvalue weighted by atomic mass is 9.88. The van der Waals surface area contributed by atoms with Crippen molar-refractivity contribution in [1.29, 1.82) is 0 Å². The van der Waals surface area contributed by atoms with Gasteiger partial charge in [-0.1, -0.05) is 46.8 Å². The van der Waals surface area contributed by atoms with Gasteiger partial charge in [0.1, 0.15) is 11.6 Å². The predicted octanol–water partition coefficient (Wildman–Crippen LogP) is 6.83. The molecule has 0 atom stereocenters. The quantitative estimate of drug-likeness (QED) is 0.214. The van der Waals surface area contributed by atoms with Crippen LogP contribution in [-0.2, 0) is 4.79 Å². The van der Waals surface area contributed by atoms with Crippen LogP contribution in [0.25, 0.3) is 10.9 Å². The van der Waals surface area contributed by atoms with E-state index in [4.69, 9.17) is 21.3 Å². The highest BCUT2D eigenvalue weighted by Gasteiger charge is 2.22. The number of carbonyl (C=O) groups is 1. The van der Waals surface area contributed by atoms with Crippen LogP contribution in [0.3, 0.4) is 0 Å². The molecule has 1 aromatic heterocycles. The first-order valence-electron chi connectivity index (χ1n) is 13.5. The van der Waals surface area contributed by atoms with E-state index in [9.17, 15) is 9.59 Å². The van der Waals surface area contributed by atoms with Gasteiger partial charge in [0.15, 0.2) is 6.61 Å². The molecular formula is C31H31BrClN5O3. The van der Waals surface area contributed by atoms with E-state index in [1.54, 1.807) is 36.5 Å². The number of benzene rings is 3. The maximum atomic E-state index is 13.7. The SMILES string of the molecule is CN(C)c1ccc(C=Nn2c(C3CCCCC3)nc3ccc(Br)cc3c2=O)c(OCC(=O)Nc2ccc(Cl)cc2)c1. The number of halogens is 2. The van der Waals surface area contributed by atoms with E-state index in [1.807, 2.05) is 49.3 Å². The summed E-state index contributed by atoms with van der Waals surface area (Å²) >= 11 is 9.41. The molecule has 0 saturated heterocycles. The van der Waals surface area contributed by atoms with Gasteiger partial charge in [0.25, 0.3) is 11.5 Å². The minimum absolute atomic E-state index is 0.157. The Kier molecular flexibility index (Phi) is 9.05. The molecule has 0 bridgehead atoms. The van der Waals surface area contributed by atoms with Gasteiger partial charge >= 0.3 is 0 Å². The molecule has 1 aliphatic carbocycles. The van der Waals surface area contributed by atoms with Crippen LogP contribution in [0, 0.1) is 0 Å². The summed E-state index contributed by atoms with van der Waals surface area (Å²) in [6.45, 7) is -0.209. The molecule has 8 nitrogen and oxygen atoms in total. The number of nitrogens with zero attached hydrogens (tertiary/aromatic N) is 4. The molecular weight excluding hydrogens is 606 g/mol. The van der Waals surface area contributed by atoms with Crippen LogP contribution >= 0.6 is 27.5 Å². The summed E-state index contributed by atoms with van der Waals surface area (Å²) < 4.78 is 8.21. The Morgan fingerprint density at radius 1 is 1.12 bits per heavy atom. The van der Waals surface area contributed by atoms with Gasteiger partial charge in [-0.05, 0) is 67.4 Å². The monoisotopic (exact) mass is 635 g/mol. The Morgan fingerprint density at radius 3 is 2.61 bits per heavy atom. The van der Waals surface area contributed by atoms with E-state index < -0.39 is 0 Å². The lowest BCUT2D eigenvalue weighted by Gasteiger charge is -2.23. The van der Waals surface area contributed by atoms with Crippen molar-refractivity contribution in [1.82, 2.24) is 9.66 Å². The zero-order valence-electron chi connectivity index (χ0n) is 22.9. The van der Waals surface area contributed by atoms with Gasteiger partial charge in [0.2, 0.25) is 0 Å². The van der Waals surface area contributed by atoms with Crippen molar-refractivity contribution >= 4 is 61.9 Å². The van der Waals surface area contributed by atoms with Crippen molar-refractivity contribution in [3.05, 3.63) is 91.9 Å². The van der Waals surface area contributed by atoms with Crippen molar-refractivity contribution in [2.45, 2.75) is 38.0 Å². The second kappa shape index (κ2) is 12.9. The minimum Gasteiger partial charge on any atom is -0.483 e. The standard InChI is InChI=1S/C31H31BrClN5O3/c1-37(2)25-14-8-21(28(17-25)41-19-29(39)35-24-12-10-23(33)11-13-24)18-34-38-30(20-6-4-3-5-7-20)36-27-15-9-22(32)16-26(27)31(38)40/h8-18,20H,3-7,19H2,1-2H3,(H,35,39). The molecule has 1 heterocycles. The number of ether oxygens (including phenoxy) is 1. The summed E-state index contributed by atoms with van der Waals surface area (Å²) in [5.74, 6) is 0.987. The van der Waals surface area contributed by atoms with Crippen molar-refractivity contribution in [2.24, 2.45) is 5.10 Å². The molecule has 0 aliphatic heterocycles. The maximum absolute atomic E-state index is 13.7. The Bertz CT molecular complexity index is 1650. The van der Waals surface area contributed by atoms with Crippen LogP contribution in [0.2, 0.25) is 5.02 Å². The van der Waals surface area contributed by atoms with Gasteiger partial charge in [-0.2, -0.15) is 9.78 Å². The van der Waals surface area contributed by atoms with E-state index in [-0.39, 0.29) is 24.0 Å². The van der Waals surface area contributed by atoms with Gasteiger partial charge in [0.05, 0.1) is 17.1 Å². The van der Waals surface area contributed by atoms with Crippen LogP contribution in [0.15, 0.2) is 75.0 Å². The average Bonchev–Trinajstić information content (AvgIpc) is 2.97. The molecule has 1 fully saturated rings. The summed E-state index contributed by atoms with van der Waals surface area (Å²) in [5.41, 5.74) is 2.59. The number of anilines is 2. The number of hydrogen-bond acceptors (Lipinski definition) is 6. The molecule has 41 heavy (non-hydrogen) atoms. The summed E-state index contributed by atoms with van der Waals surface area (Å²) in [4.78, 5) is 33.2. The Hall–Kier alpha value is -3.69. The number of amides is 1. The fourth-order valence-corrected chi connectivity index (χ4v) is 5.42. The lowest BCUT2D eigenvalue weighted by Crippen LogP contribution is -2.25. The molecule has 4 aromatic rings. The molecule has 0 unspecified atom stereocenters. The number of hydrogen-bond donors (Lipinski definition) is 1. The fourth-order valence-electron chi connectivity index (χ4n) is 4.93. The van der Waals surface area contributed by atoms with Gasteiger partial charge in [-0.3, -0.25) is 9.59 Å². The van der Waals surface area contributed by atoms with Crippen LogP contribution in [0.4, 0.5) is 11.4 Å². The minimum atomic E-state index is -0.314. The first-order valence-corrected chi connectivity index (χ1v) is 14.7. The third kappa shape index (κ3) is 6.97. The van der Waals surface area contributed by atoms with Crippen molar-refractivity contribution < 1.29 is 9.53 Å². The summed E-state index contributed by atoms with van der Waals surface area (Å²) in [6.07, 6.45) is 6.94. The van der Waals surface area contributed by atoms with Gasteiger partial charge in [-0.15, -0.1) is 0 Å². The highest BCUT2D eigenvalue weighted by atomic mass is 79.9. The van der Waals surface area contributed by atoms with Gasteiger partial charge < -0.3 is 15.0 Å². The third-order valence-electron chi connectivity index (χ3n) is 7.12. The van der Waals surface area contributed by atoms with Gasteiger partial charge in [0, 0.05) is 52.5 Å². The van der Waals surface area contributed by atoms with Crippen LogP contribution in [0.5, 0.6) is 5.75 Å². The smallest absolute Gasteiger partial charge is 0.282 e. The van der Waals surface area contributed by atoms with Crippen LogP contribution < -0.4 is 20.5 Å². The number of aromatic nitrogens is 2. The molecule has 212 valence electrons. The molecule has 10 heteroatoms. The maximum Gasteiger partial charge on any atom is 0.282 e. The van der Waals surface area contributed by atoms with Crippen molar-refractivity contribution in [3.63, 3.8) is 0 Å². The number of nitrogens with one attached hydrogen (secondary N) is 1. The highest BCUT2D eigenvalue weighted by molar-refractivity contribution is 9.10. The van der Waals surface area contributed by atoms with Crippen LogP contribution in [0.1, 0.15) is 49.4 Å². The first-order chi connectivity index (χ1) is 19.8. The normalized spacial score (nSPS) is 14.0. The largest absolute Gasteiger partial charge is 0.483 e. The summed E-state index contributed by atoms with van der Waals surface area (Å²) in [5, 5.41) is 8.55. The van der Waals surface area contributed by atoms with E-state index in [1.165, 1.54) is 11.1 Å². The number of rotatable bonds is 8. The van der Waals surface area contributed by atoms with Crippen molar-refractivity contribution in [2.75, 3.05) is 30.9 Å². The van der Waals surface area contributed by atoms with E-state index >= 15 is 0 Å². The third-order valence-corrected chi connectivity index (χ3v) is 7.86. The number of carbonyl (C=O) groups excluding carboxylic acids is 1. The predicted molar refractivity (Wildman–Crippen MR) is 169 cm³/mol. The summed E-state index contributed by atoms with van der Waals surface area (Å²) in [6, 6.07) is 18.0. The first kappa shape index (κ1) is 28.8. The highest BCUT2D eigenvalue weighted by Crippen LogP contribution is 2.32. The molecule has 1 aliphatic rings. The second-order valence-corrected chi connectivity index (χ2v) is 11.6. The fraction of sp³-hybridized carbons (Fsp3) is 0.290. The molecule has 1 amide bonds. The lowest BCUT2D eigenvalue weighted by molar-refractivity contribution is -0.118. The molecule has 0 spiro atoms.